The van der Waals surface area contributed by atoms with Crippen LogP contribution in [-0.2, 0) is 20.9 Å². The molecule has 0 aliphatic heterocycles. The van der Waals surface area contributed by atoms with Gasteiger partial charge in [-0.3, -0.25) is 0 Å². The van der Waals surface area contributed by atoms with Gasteiger partial charge >= 0.3 is 0 Å². The summed E-state index contributed by atoms with van der Waals surface area (Å²) >= 11 is 19.1. The van der Waals surface area contributed by atoms with E-state index in [1.165, 1.54) is 0 Å². The summed E-state index contributed by atoms with van der Waals surface area (Å²) < 4.78 is 11.0. The van der Waals surface area contributed by atoms with Crippen molar-refractivity contribution < 1.29 is 9.05 Å². The largest absolute Gasteiger partial charge is 0.321 e. The van der Waals surface area contributed by atoms with Crippen LogP contribution in [0, 0.1) is 0 Å². The molecule has 0 saturated carbocycles. The Kier molecular flexibility index (Phi) is 11.6. The average molecular weight is 310 g/mol. The molecule has 0 aliphatic rings. The first-order valence-corrected chi connectivity index (χ1v) is 10.2. The zero-order valence-corrected chi connectivity index (χ0v) is 12.9. The smallest absolute Gasteiger partial charge is 0.247 e. The lowest BCUT2D eigenvalue weighted by molar-refractivity contribution is 0.284. The normalized spacial score (nSPS) is 11.9. The minimum atomic E-state index is -2.17. The lowest BCUT2D eigenvalue weighted by Gasteiger charge is -2.20. The maximum absolute atomic E-state index is 5.51. The maximum Gasteiger partial charge on any atom is 0.247 e. The van der Waals surface area contributed by atoms with Crippen LogP contribution in [-0.4, -0.2) is 36.2 Å². The monoisotopic (exact) mass is 310 g/mol. The zero-order chi connectivity index (χ0) is 10.9. The summed E-state index contributed by atoms with van der Waals surface area (Å²) in [6.07, 6.45) is 0. The third kappa shape index (κ3) is 8.16. The Morgan fingerprint density at radius 3 is 1.86 bits per heavy atom. The molecule has 0 aromatic carbocycles. The van der Waals surface area contributed by atoms with Crippen LogP contribution in [0.25, 0.3) is 0 Å². The van der Waals surface area contributed by atoms with Crippen molar-refractivity contribution in [3.05, 3.63) is 0 Å². The van der Waals surface area contributed by atoms with E-state index in [0.29, 0.717) is 24.7 Å². The maximum atomic E-state index is 5.51. The zero-order valence-electron chi connectivity index (χ0n) is 7.66. The fourth-order valence-electron chi connectivity index (χ4n) is 0.570. The first-order chi connectivity index (χ1) is 6.68. The number of thiol groups is 3. The number of hydrogen-bond donors (Lipinski definition) is 3. The van der Waals surface area contributed by atoms with Crippen molar-refractivity contribution in [3.8, 4) is 0 Å². The average Bonchev–Trinajstić information content (AvgIpc) is 2.21. The Hall–Kier alpha value is 1.97. The molecule has 0 aromatic rings. The van der Waals surface area contributed by atoms with Crippen molar-refractivity contribution >= 4 is 66.8 Å². The van der Waals surface area contributed by atoms with Gasteiger partial charge in [0.25, 0.3) is 0 Å². The molecule has 0 aliphatic carbocycles. The van der Waals surface area contributed by atoms with E-state index in [1.54, 1.807) is 11.4 Å². The highest BCUT2D eigenvalue weighted by Gasteiger charge is 2.18. The van der Waals surface area contributed by atoms with Crippen LogP contribution in [0.4, 0.5) is 0 Å². The SMILES string of the molecule is S=P(OCCS)(OCCS)SCCS. The third-order valence-corrected chi connectivity index (χ3v) is 7.32. The van der Waals surface area contributed by atoms with Crippen LogP contribution >= 0.6 is 55.0 Å². The molecule has 0 heterocycles. The molecule has 0 saturated heterocycles. The molecule has 0 bridgehead atoms. The summed E-state index contributed by atoms with van der Waals surface area (Å²) in [7, 11) is 0. The van der Waals surface area contributed by atoms with Crippen molar-refractivity contribution in [3.63, 3.8) is 0 Å². The van der Waals surface area contributed by atoms with E-state index in [9.17, 15) is 0 Å². The van der Waals surface area contributed by atoms with E-state index in [1.807, 2.05) is 0 Å². The Morgan fingerprint density at radius 2 is 1.50 bits per heavy atom. The van der Waals surface area contributed by atoms with E-state index in [0.717, 1.165) is 11.5 Å². The highest BCUT2D eigenvalue weighted by molar-refractivity contribution is 8.67. The Labute approximate surface area is 111 Å². The van der Waals surface area contributed by atoms with Gasteiger partial charge in [-0.2, -0.15) is 37.9 Å². The van der Waals surface area contributed by atoms with Crippen LogP contribution < -0.4 is 0 Å². The Balaban J connectivity index is 3.97. The Morgan fingerprint density at radius 1 is 1.00 bits per heavy atom. The van der Waals surface area contributed by atoms with Gasteiger partial charge in [0.2, 0.25) is 5.69 Å². The standard InChI is InChI=1S/C6H15O2PS5/c10-3-1-7-9(13,8-2-4-11)14-6-5-12/h10-12H,1-6H2. The van der Waals surface area contributed by atoms with Crippen molar-refractivity contribution in [2.24, 2.45) is 0 Å². The van der Waals surface area contributed by atoms with Crippen LogP contribution in [0.15, 0.2) is 0 Å². The molecule has 14 heavy (non-hydrogen) atoms. The minimum Gasteiger partial charge on any atom is -0.321 e. The highest BCUT2D eigenvalue weighted by Crippen LogP contribution is 2.60. The molecular weight excluding hydrogens is 295 g/mol. The van der Waals surface area contributed by atoms with E-state index >= 15 is 0 Å². The first-order valence-electron chi connectivity index (χ1n) is 4.05. The molecule has 0 fully saturated rings. The van der Waals surface area contributed by atoms with Crippen LogP contribution in [0.1, 0.15) is 0 Å². The lowest BCUT2D eigenvalue weighted by atomic mass is 10.9. The minimum absolute atomic E-state index is 0.534. The fourth-order valence-corrected chi connectivity index (χ4v) is 5.86. The van der Waals surface area contributed by atoms with Crippen molar-refractivity contribution in [2.75, 3.05) is 36.2 Å². The molecular formula is C6H15O2PS5. The third-order valence-electron chi connectivity index (χ3n) is 1.02. The summed E-state index contributed by atoms with van der Waals surface area (Å²) in [6.45, 7) is 1.07. The second-order valence-corrected chi connectivity index (χ2v) is 9.89. The van der Waals surface area contributed by atoms with Gasteiger partial charge in [-0.1, -0.05) is 11.4 Å². The van der Waals surface area contributed by atoms with Crippen molar-refractivity contribution in [1.29, 1.82) is 0 Å². The molecule has 0 radical (unpaired) electrons. The van der Waals surface area contributed by atoms with Crippen molar-refractivity contribution in [1.82, 2.24) is 0 Å². The molecule has 0 spiro atoms. The van der Waals surface area contributed by atoms with Gasteiger partial charge in [-0.15, -0.1) is 0 Å². The van der Waals surface area contributed by atoms with Gasteiger partial charge in [-0.25, -0.2) is 0 Å². The topological polar surface area (TPSA) is 18.5 Å². The van der Waals surface area contributed by atoms with Crippen molar-refractivity contribution in [2.45, 2.75) is 0 Å². The highest BCUT2D eigenvalue weighted by atomic mass is 32.9. The molecule has 8 heteroatoms. The molecule has 86 valence electrons. The number of hydrogen-bond acceptors (Lipinski definition) is 7. The van der Waals surface area contributed by atoms with Gasteiger partial charge < -0.3 is 9.05 Å². The van der Waals surface area contributed by atoms with Crippen LogP contribution in [0.5, 0.6) is 0 Å². The number of rotatable bonds is 9. The second-order valence-electron chi connectivity index (χ2n) is 2.12. The fraction of sp³-hybridized carbons (Fsp3) is 1.00. The predicted molar refractivity (Wildman–Crippen MR) is 80.2 cm³/mol. The van der Waals surface area contributed by atoms with Gasteiger partial charge in [0, 0.05) is 17.3 Å². The van der Waals surface area contributed by atoms with Crippen LogP contribution in [0.2, 0.25) is 0 Å². The summed E-state index contributed by atoms with van der Waals surface area (Å²) in [5.74, 6) is 2.94. The van der Waals surface area contributed by atoms with E-state index in [-0.39, 0.29) is 0 Å². The van der Waals surface area contributed by atoms with Gasteiger partial charge in [0.15, 0.2) is 0 Å². The van der Waals surface area contributed by atoms with Gasteiger partial charge in [-0.05, 0) is 17.6 Å². The van der Waals surface area contributed by atoms with E-state index < -0.39 is 5.69 Å². The molecule has 0 amide bonds. The second kappa shape index (κ2) is 10.1. The molecule has 0 atom stereocenters. The summed E-state index contributed by atoms with van der Waals surface area (Å²) in [5, 5.41) is 0. The predicted octanol–water partition coefficient (Wildman–Crippen LogP) is 2.77. The molecule has 2 nitrogen and oxygen atoms in total. The van der Waals surface area contributed by atoms with Crippen LogP contribution in [0.3, 0.4) is 0 Å². The summed E-state index contributed by atoms with van der Waals surface area (Å²) in [4.78, 5) is 0. The van der Waals surface area contributed by atoms with Gasteiger partial charge in [0.1, 0.15) is 0 Å². The molecule has 0 aromatic heterocycles. The molecule has 0 unspecified atom stereocenters. The van der Waals surface area contributed by atoms with E-state index in [4.69, 9.17) is 20.9 Å². The molecule has 0 N–H and O–H groups in total. The Bertz CT molecular complexity index is 151. The molecule has 0 rings (SSSR count). The van der Waals surface area contributed by atoms with Gasteiger partial charge in [0.05, 0.1) is 13.2 Å². The quantitative estimate of drug-likeness (QED) is 0.449. The lowest BCUT2D eigenvalue weighted by Crippen LogP contribution is -1.99. The summed E-state index contributed by atoms with van der Waals surface area (Å²) in [5.41, 5.74) is -2.17. The van der Waals surface area contributed by atoms with E-state index in [2.05, 4.69) is 37.9 Å². The summed E-state index contributed by atoms with van der Waals surface area (Å²) in [6, 6.07) is 0. The first kappa shape index (κ1) is 16.0.